The van der Waals surface area contributed by atoms with Gasteiger partial charge in [-0.15, -0.1) is 0 Å². The van der Waals surface area contributed by atoms with Gasteiger partial charge in [-0.25, -0.2) is 0 Å². The van der Waals surface area contributed by atoms with Gasteiger partial charge in [0.15, 0.2) is 5.78 Å². The highest BCUT2D eigenvalue weighted by Gasteiger charge is 2.07. The summed E-state index contributed by atoms with van der Waals surface area (Å²) >= 11 is 0. The lowest BCUT2D eigenvalue weighted by molar-refractivity contribution is -0.116. The van der Waals surface area contributed by atoms with E-state index in [9.17, 15) is 9.59 Å². The summed E-state index contributed by atoms with van der Waals surface area (Å²) in [5.41, 5.74) is 2.06. The summed E-state index contributed by atoms with van der Waals surface area (Å²) in [6.07, 6.45) is 1.05. The molecule has 0 radical (unpaired) electrons. The van der Waals surface area contributed by atoms with Crippen molar-refractivity contribution >= 4 is 17.4 Å². The van der Waals surface area contributed by atoms with Crippen molar-refractivity contribution < 1.29 is 14.7 Å². The molecule has 0 aliphatic heterocycles. The van der Waals surface area contributed by atoms with E-state index in [4.69, 9.17) is 5.11 Å². The van der Waals surface area contributed by atoms with E-state index in [0.29, 0.717) is 24.1 Å². The summed E-state index contributed by atoms with van der Waals surface area (Å²) < 4.78 is 0. The summed E-state index contributed by atoms with van der Waals surface area (Å²) in [6, 6.07) is 16.4. The van der Waals surface area contributed by atoms with Crippen molar-refractivity contribution in [2.75, 3.05) is 11.9 Å². The fourth-order valence-electron chi connectivity index (χ4n) is 1.99. The van der Waals surface area contributed by atoms with Crippen LogP contribution in [0, 0.1) is 0 Å². The van der Waals surface area contributed by atoms with Gasteiger partial charge in [0, 0.05) is 17.7 Å². The zero-order valence-corrected chi connectivity index (χ0v) is 11.6. The van der Waals surface area contributed by atoms with E-state index in [0.717, 1.165) is 5.56 Å². The van der Waals surface area contributed by atoms with Crippen molar-refractivity contribution in [1.29, 1.82) is 0 Å². The quantitative estimate of drug-likeness (QED) is 0.800. The molecule has 2 N–H and O–H groups in total. The third kappa shape index (κ3) is 4.54. The van der Waals surface area contributed by atoms with Crippen LogP contribution in [-0.2, 0) is 11.2 Å². The van der Waals surface area contributed by atoms with Crippen LogP contribution in [0.15, 0.2) is 54.6 Å². The molecule has 4 nitrogen and oxygen atoms in total. The molecule has 0 bridgehead atoms. The van der Waals surface area contributed by atoms with Gasteiger partial charge in [0.05, 0.1) is 0 Å². The van der Waals surface area contributed by atoms with Gasteiger partial charge < -0.3 is 10.4 Å². The largest absolute Gasteiger partial charge is 0.388 e. The van der Waals surface area contributed by atoms with Crippen molar-refractivity contribution in [2.45, 2.75) is 12.8 Å². The van der Waals surface area contributed by atoms with E-state index in [-0.39, 0.29) is 11.7 Å². The minimum Gasteiger partial charge on any atom is -0.388 e. The van der Waals surface area contributed by atoms with Crippen LogP contribution in [-0.4, -0.2) is 23.4 Å². The SMILES string of the molecule is O=C(CCc1ccccc1)Nc1cccc(C(=O)CO)c1. The lowest BCUT2D eigenvalue weighted by Gasteiger charge is -2.07. The number of aryl methyl sites for hydroxylation is 1. The first-order valence-electron chi connectivity index (χ1n) is 6.77. The highest BCUT2D eigenvalue weighted by atomic mass is 16.3. The van der Waals surface area contributed by atoms with E-state index >= 15 is 0 Å². The molecule has 108 valence electrons. The van der Waals surface area contributed by atoms with Gasteiger partial charge in [-0.05, 0) is 24.1 Å². The van der Waals surface area contributed by atoms with Gasteiger partial charge in [-0.3, -0.25) is 9.59 Å². The van der Waals surface area contributed by atoms with Gasteiger partial charge in [-0.1, -0.05) is 42.5 Å². The number of nitrogens with one attached hydrogen (secondary N) is 1. The van der Waals surface area contributed by atoms with E-state index < -0.39 is 6.61 Å². The van der Waals surface area contributed by atoms with Crippen LogP contribution in [0.5, 0.6) is 0 Å². The van der Waals surface area contributed by atoms with Crippen molar-refractivity contribution in [3.63, 3.8) is 0 Å². The van der Waals surface area contributed by atoms with Crippen LogP contribution in [0.25, 0.3) is 0 Å². The van der Waals surface area contributed by atoms with Gasteiger partial charge in [0.2, 0.25) is 5.91 Å². The minimum atomic E-state index is -0.536. The van der Waals surface area contributed by atoms with Crippen molar-refractivity contribution in [1.82, 2.24) is 0 Å². The van der Waals surface area contributed by atoms with Crippen LogP contribution in [0.4, 0.5) is 5.69 Å². The second kappa shape index (κ2) is 7.36. The summed E-state index contributed by atoms with van der Waals surface area (Å²) in [7, 11) is 0. The molecule has 2 aromatic carbocycles. The standard InChI is InChI=1S/C17H17NO3/c19-12-16(20)14-7-4-8-15(11-14)18-17(21)10-9-13-5-2-1-3-6-13/h1-8,11,19H,9-10,12H2,(H,18,21). The molecule has 0 aromatic heterocycles. The molecule has 0 aliphatic rings. The molecule has 0 spiro atoms. The molecule has 0 atom stereocenters. The average Bonchev–Trinajstić information content (AvgIpc) is 2.53. The predicted octanol–water partition coefficient (Wildman–Crippen LogP) is 2.43. The molecule has 21 heavy (non-hydrogen) atoms. The summed E-state index contributed by atoms with van der Waals surface area (Å²) in [5, 5.41) is 11.6. The van der Waals surface area contributed by atoms with Gasteiger partial charge in [-0.2, -0.15) is 0 Å². The number of ketones is 1. The van der Waals surface area contributed by atoms with Crippen LogP contribution < -0.4 is 5.32 Å². The van der Waals surface area contributed by atoms with Crippen LogP contribution in [0.3, 0.4) is 0 Å². The number of hydrogen-bond donors (Lipinski definition) is 2. The Hall–Kier alpha value is -2.46. The van der Waals surface area contributed by atoms with Gasteiger partial charge >= 0.3 is 0 Å². The number of hydrogen-bond acceptors (Lipinski definition) is 3. The maximum absolute atomic E-state index is 11.9. The molecule has 2 rings (SSSR count). The Morgan fingerprint density at radius 1 is 1.00 bits per heavy atom. The summed E-state index contributed by atoms with van der Waals surface area (Å²) in [5.74, 6) is -0.470. The minimum absolute atomic E-state index is 0.104. The maximum Gasteiger partial charge on any atom is 0.224 e. The number of amides is 1. The third-order valence-electron chi connectivity index (χ3n) is 3.10. The number of carbonyl (C=O) groups is 2. The first-order chi connectivity index (χ1) is 10.2. The average molecular weight is 283 g/mol. The highest BCUT2D eigenvalue weighted by Crippen LogP contribution is 2.12. The van der Waals surface area contributed by atoms with Crippen molar-refractivity contribution in [3.05, 3.63) is 65.7 Å². The fourth-order valence-corrected chi connectivity index (χ4v) is 1.99. The Labute approximate surface area is 123 Å². The Balaban J connectivity index is 1.92. The molecule has 2 aromatic rings. The maximum atomic E-state index is 11.9. The second-order valence-electron chi connectivity index (χ2n) is 4.70. The Bertz CT molecular complexity index is 623. The Morgan fingerprint density at radius 3 is 2.48 bits per heavy atom. The number of aliphatic hydroxyl groups is 1. The number of rotatable bonds is 6. The lowest BCUT2D eigenvalue weighted by Crippen LogP contribution is -2.13. The number of carbonyl (C=O) groups excluding carboxylic acids is 2. The molecule has 0 fully saturated rings. The third-order valence-corrected chi connectivity index (χ3v) is 3.10. The molecule has 0 saturated carbocycles. The first-order valence-corrected chi connectivity index (χ1v) is 6.77. The van der Waals surface area contributed by atoms with Crippen LogP contribution >= 0.6 is 0 Å². The predicted molar refractivity (Wildman–Crippen MR) is 81.3 cm³/mol. The second-order valence-corrected chi connectivity index (χ2v) is 4.70. The van der Waals surface area contributed by atoms with Gasteiger partial charge in [0.25, 0.3) is 0 Å². The Kier molecular flexibility index (Phi) is 5.23. The molecular formula is C17H17NO3. The van der Waals surface area contributed by atoms with Crippen molar-refractivity contribution in [2.24, 2.45) is 0 Å². The van der Waals surface area contributed by atoms with Crippen LogP contribution in [0.2, 0.25) is 0 Å². The smallest absolute Gasteiger partial charge is 0.224 e. The number of aliphatic hydroxyl groups excluding tert-OH is 1. The van der Waals surface area contributed by atoms with Gasteiger partial charge in [0.1, 0.15) is 6.61 Å². The molecule has 0 unspecified atom stereocenters. The summed E-state index contributed by atoms with van der Waals surface area (Å²) in [4.78, 5) is 23.3. The Morgan fingerprint density at radius 2 is 1.76 bits per heavy atom. The number of anilines is 1. The molecule has 0 heterocycles. The van der Waals surface area contributed by atoms with Crippen molar-refractivity contribution in [3.8, 4) is 0 Å². The zero-order chi connectivity index (χ0) is 15.1. The van der Waals surface area contributed by atoms with Crippen LogP contribution in [0.1, 0.15) is 22.3 Å². The highest BCUT2D eigenvalue weighted by molar-refractivity contribution is 5.99. The first kappa shape index (κ1) is 14.9. The number of benzene rings is 2. The molecular weight excluding hydrogens is 266 g/mol. The normalized spacial score (nSPS) is 10.1. The molecule has 1 amide bonds. The zero-order valence-electron chi connectivity index (χ0n) is 11.6. The lowest BCUT2D eigenvalue weighted by atomic mass is 10.1. The topological polar surface area (TPSA) is 66.4 Å². The number of Topliss-reactive ketones (excluding diaryl/α,β-unsaturated/α-hetero) is 1. The molecule has 0 aliphatic carbocycles. The summed E-state index contributed by atoms with van der Waals surface area (Å²) in [6.45, 7) is -0.536. The van der Waals surface area contributed by atoms with E-state index in [2.05, 4.69) is 5.32 Å². The van der Waals surface area contributed by atoms with E-state index in [1.165, 1.54) is 0 Å². The van der Waals surface area contributed by atoms with E-state index in [1.54, 1.807) is 24.3 Å². The van der Waals surface area contributed by atoms with E-state index in [1.807, 2.05) is 30.3 Å². The fraction of sp³-hybridized carbons (Fsp3) is 0.176. The molecule has 4 heteroatoms. The monoisotopic (exact) mass is 283 g/mol. The molecule has 0 saturated heterocycles.